The van der Waals surface area contributed by atoms with E-state index in [1.54, 1.807) is 42.1 Å². The van der Waals surface area contributed by atoms with Crippen molar-refractivity contribution in [3.63, 3.8) is 0 Å². The Balaban J connectivity index is 1.74. The molecule has 1 N–H and O–H groups in total. The number of hydrogen-bond donors (Lipinski definition) is 1. The molecule has 1 heterocycles. The van der Waals surface area contributed by atoms with Gasteiger partial charge >= 0.3 is 0 Å². The zero-order valence-electron chi connectivity index (χ0n) is 13.7. The van der Waals surface area contributed by atoms with E-state index in [-0.39, 0.29) is 11.4 Å². The first-order valence-electron chi connectivity index (χ1n) is 7.76. The molecule has 3 aromatic rings. The summed E-state index contributed by atoms with van der Waals surface area (Å²) < 4.78 is 29.4. The Labute approximate surface area is 152 Å². The Morgan fingerprint density at radius 1 is 1.04 bits per heavy atom. The highest BCUT2D eigenvalue weighted by Gasteiger charge is 2.20. The molecule has 7 heteroatoms. The lowest BCUT2D eigenvalue weighted by Crippen LogP contribution is -2.23. The minimum atomic E-state index is -3.64. The summed E-state index contributed by atoms with van der Waals surface area (Å²) in [6.45, 7) is 2.41. The van der Waals surface area contributed by atoms with Crippen LogP contribution in [0.5, 0.6) is 0 Å². The van der Waals surface area contributed by atoms with Gasteiger partial charge in [0.15, 0.2) is 0 Å². The first-order chi connectivity index (χ1) is 11.9. The van der Waals surface area contributed by atoms with Crippen LogP contribution in [-0.4, -0.2) is 18.2 Å². The summed E-state index contributed by atoms with van der Waals surface area (Å²) in [4.78, 5) is 0.192. The van der Waals surface area contributed by atoms with Gasteiger partial charge in [-0.25, -0.2) is 13.1 Å². The van der Waals surface area contributed by atoms with Crippen LogP contribution >= 0.6 is 11.6 Å². The number of sulfonamides is 1. The molecule has 1 aromatic heterocycles. The molecule has 25 heavy (non-hydrogen) atoms. The molecule has 0 atom stereocenters. The van der Waals surface area contributed by atoms with Crippen molar-refractivity contribution in [2.24, 2.45) is 0 Å². The van der Waals surface area contributed by atoms with Gasteiger partial charge in [-0.1, -0.05) is 54.1 Å². The topological polar surface area (TPSA) is 64.0 Å². The third-order valence-electron chi connectivity index (χ3n) is 3.76. The molecule has 0 spiro atoms. The smallest absolute Gasteiger partial charge is 0.244 e. The maximum Gasteiger partial charge on any atom is 0.244 e. The number of nitrogens with one attached hydrogen (secondary N) is 1. The van der Waals surface area contributed by atoms with E-state index in [1.807, 2.05) is 30.3 Å². The summed E-state index contributed by atoms with van der Waals surface area (Å²) in [5, 5.41) is 4.93. The number of rotatable bonds is 6. The highest BCUT2D eigenvalue weighted by molar-refractivity contribution is 7.89. The van der Waals surface area contributed by atoms with Crippen LogP contribution < -0.4 is 4.72 Å². The van der Waals surface area contributed by atoms with Crippen LogP contribution in [0.25, 0.3) is 0 Å². The van der Waals surface area contributed by atoms with Crippen LogP contribution in [0.4, 0.5) is 0 Å². The predicted molar refractivity (Wildman–Crippen MR) is 98.0 cm³/mol. The van der Waals surface area contributed by atoms with Crippen LogP contribution in [0.2, 0.25) is 5.02 Å². The van der Waals surface area contributed by atoms with Gasteiger partial charge < -0.3 is 0 Å². The van der Waals surface area contributed by atoms with Crippen LogP contribution in [0, 0.1) is 6.92 Å². The molecule has 0 aliphatic carbocycles. The second kappa shape index (κ2) is 7.39. The van der Waals surface area contributed by atoms with Gasteiger partial charge in [-0.05, 0) is 30.2 Å². The molecule has 0 bridgehead atoms. The molecule has 0 amide bonds. The third-order valence-corrected chi connectivity index (χ3v) is 5.51. The second-order valence-electron chi connectivity index (χ2n) is 5.71. The Bertz CT molecular complexity index is 952. The fraction of sp³-hybridized carbons (Fsp3) is 0.167. The molecule has 0 aliphatic heterocycles. The third kappa shape index (κ3) is 4.48. The maximum absolute atomic E-state index is 12.6. The quantitative estimate of drug-likeness (QED) is 0.718. The standard InChI is InChI=1S/C18H18ClN3O2S/c1-14-18(13-22(21-14)12-16-5-3-2-4-6-16)25(23,24)20-11-15-7-9-17(19)10-8-15/h2-10,13,20H,11-12H2,1H3. The van der Waals surface area contributed by atoms with E-state index in [4.69, 9.17) is 11.6 Å². The Morgan fingerprint density at radius 3 is 2.40 bits per heavy atom. The number of aromatic nitrogens is 2. The molecule has 0 aliphatic rings. The van der Waals surface area contributed by atoms with Crippen molar-refractivity contribution in [1.82, 2.24) is 14.5 Å². The van der Waals surface area contributed by atoms with Crippen molar-refractivity contribution in [3.8, 4) is 0 Å². The maximum atomic E-state index is 12.6. The molecule has 3 rings (SSSR count). The SMILES string of the molecule is Cc1nn(Cc2ccccc2)cc1S(=O)(=O)NCc1ccc(Cl)cc1. The first-order valence-corrected chi connectivity index (χ1v) is 9.62. The summed E-state index contributed by atoms with van der Waals surface area (Å²) in [6, 6.07) is 16.8. The van der Waals surface area contributed by atoms with Gasteiger partial charge in [0.25, 0.3) is 0 Å². The normalized spacial score (nSPS) is 11.6. The van der Waals surface area contributed by atoms with Gasteiger partial charge in [0.1, 0.15) is 4.90 Å². The van der Waals surface area contributed by atoms with Crippen molar-refractivity contribution < 1.29 is 8.42 Å². The van der Waals surface area contributed by atoms with Crippen molar-refractivity contribution in [2.45, 2.75) is 24.9 Å². The molecule has 0 saturated carbocycles. The monoisotopic (exact) mass is 375 g/mol. The highest BCUT2D eigenvalue weighted by Crippen LogP contribution is 2.16. The number of benzene rings is 2. The zero-order chi connectivity index (χ0) is 17.9. The minimum absolute atomic E-state index is 0.192. The number of halogens is 1. The lowest BCUT2D eigenvalue weighted by Gasteiger charge is -2.06. The zero-order valence-corrected chi connectivity index (χ0v) is 15.3. The Morgan fingerprint density at radius 2 is 1.72 bits per heavy atom. The molecular weight excluding hydrogens is 358 g/mol. The van der Waals surface area contributed by atoms with E-state index in [1.165, 1.54) is 0 Å². The fourth-order valence-corrected chi connectivity index (χ4v) is 3.80. The summed E-state index contributed by atoms with van der Waals surface area (Å²) in [5.41, 5.74) is 2.37. The van der Waals surface area contributed by atoms with Gasteiger partial charge in [0.05, 0.1) is 12.2 Å². The largest absolute Gasteiger partial charge is 0.267 e. The lowest BCUT2D eigenvalue weighted by atomic mass is 10.2. The van der Waals surface area contributed by atoms with Crippen LogP contribution in [0.3, 0.4) is 0 Å². The molecule has 0 saturated heterocycles. The van der Waals surface area contributed by atoms with Crippen molar-refractivity contribution >= 4 is 21.6 Å². The van der Waals surface area contributed by atoms with Crippen molar-refractivity contribution in [3.05, 3.63) is 82.6 Å². The average molecular weight is 376 g/mol. The molecule has 0 radical (unpaired) electrons. The lowest BCUT2D eigenvalue weighted by molar-refractivity contribution is 0.580. The van der Waals surface area contributed by atoms with Gasteiger partial charge in [0, 0.05) is 17.8 Å². The van der Waals surface area contributed by atoms with Crippen molar-refractivity contribution in [2.75, 3.05) is 0 Å². The molecule has 2 aromatic carbocycles. The Kier molecular flexibility index (Phi) is 5.22. The minimum Gasteiger partial charge on any atom is -0.267 e. The van der Waals surface area contributed by atoms with Gasteiger partial charge in [0.2, 0.25) is 10.0 Å². The van der Waals surface area contributed by atoms with Crippen molar-refractivity contribution in [1.29, 1.82) is 0 Å². The van der Waals surface area contributed by atoms with E-state index in [9.17, 15) is 8.42 Å². The fourth-order valence-electron chi connectivity index (χ4n) is 2.47. The average Bonchev–Trinajstić information content (AvgIpc) is 2.96. The van der Waals surface area contributed by atoms with E-state index < -0.39 is 10.0 Å². The summed E-state index contributed by atoms with van der Waals surface area (Å²) in [6.07, 6.45) is 1.56. The van der Waals surface area contributed by atoms with E-state index in [0.29, 0.717) is 17.3 Å². The van der Waals surface area contributed by atoms with Gasteiger partial charge in [-0.15, -0.1) is 0 Å². The van der Waals surface area contributed by atoms with Crippen LogP contribution in [0.1, 0.15) is 16.8 Å². The number of nitrogens with zero attached hydrogens (tertiary/aromatic N) is 2. The van der Waals surface area contributed by atoms with Gasteiger partial charge in [-0.2, -0.15) is 5.10 Å². The molecular formula is C18H18ClN3O2S. The predicted octanol–water partition coefficient (Wildman–Crippen LogP) is 3.37. The second-order valence-corrected chi connectivity index (χ2v) is 7.88. The highest BCUT2D eigenvalue weighted by atomic mass is 35.5. The first kappa shape index (κ1) is 17.7. The van der Waals surface area contributed by atoms with E-state index in [0.717, 1.165) is 11.1 Å². The summed E-state index contributed by atoms with van der Waals surface area (Å²) in [5.74, 6) is 0. The molecule has 5 nitrogen and oxygen atoms in total. The van der Waals surface area contributed by atoms with Crippen LogP contribution in [-0.2, 0) is 23.1 Å². The number of aryl methyl sites for hydroxylation is 1. The summed E-state index contributed by atoms with van der Waals surface area (Å²) in [7, 11) is -3.64. The Hall–Kier alpha value is -2.15. The molecule has 0 fully saturated rings. The molecule has 130 valence electrons. The summed E-state index contributed by atoms with van der Waals surface area (Å²) >= 11 is 5.84. The van der Waals surface area contributed by atoms with E-state index in [2.05, 4.69) is 9.82 Å². The van der Waals surface area contributed by atoms with Gasteiger partial charge in [-0.3, -0.25) is 4.68 Å². The van der Waals surface area contributed by atoms with Crippen LogP contribution in [0.15, 0.2) is 65.7 Å². The number of hydrogen-bond acceptors (Lipinski definition) is 3. The molecule has 0 unspecified atom stereocenters. The van der Waals surface area contributed by atoms with E-state index >= 15 is 0 Å².